The number of hydrogen-bond donors (Lipinski definition) is 2. The zero-order valence-electron chi connectivity index (χ0n) is 22.3. The van der Waals surface area contributed by atoms with Crippen LogP contribution in [0.4, 0.5) is 11.4 Å². The summed E-state index contributed by atoms with van der Waals surface area (Å²) in [6.45, 7) is 6.36. The van der Waals surface area contributed by atoms with Crippen molar-refractivity contribution >= 4 is 33.4 Å². The summed E-state index contributed by atoms with van der Waals surface area (Å²) in [5, 5.41) is 2.85. The Kier molecular flexibility index (Phi) is 8.45. The van der Waals surface area contributed by atoms with E-state index in [0.29, 0.717) is 11.4 Å². The number of nitrogens with zero attached hydrogens (tertiary/aromatic N) is 2. The first-order chi connectivity index (χ1) is 18.9. The lowest BCUT2D eigenvalue weighted by molar-refractivity contribution is -0.111. The number of fused-ring (bicyclic) bond motifs is 1. The van der Waals surface area contributed by atoms with Crippen molar-refractivity contribution in [3.8, 4) is 0 Å². The van der Waals surface area contributed by atoms with Crippen LogP contribution in [0.25, 0.3) is 6.08 Å². The number of likely N-dealkylation sites (N-methyl/N-ethyl adjacent to an activating group) is 1. The number of amides is 1. The number of piperazine rings is 1. The normalized spacial score (nSPS) is 18.2. The van der Waals surface area contributed by atoms with Crippen molar-refractivity contribution in [1.29, 1.82) is 0 Å². The molecule has 2 aliphatic rings. The van der Waals surface area contributed by atoms with E-state index < -0.39 is 10.0 Å². The molecule has 0 aromatic heterocycles. The standard InChI is InChI=1S/C31H36N4O3S/c1-2-34-19-21-35(22-20-34)29-17-16-26(32-31(36)18-15-24-9-4-3-5-10-24)23-30(29)39(37,38)33-28-14-8-12-25-11-6-7-13-27(25)28/h3-7,9-11,13,15-18,23,28,33H,2,8,12,14,19-22H2,1H3,(H,32,36)/b18-15+/t28-/m0/s1. The van der Waals surface area contributed by atoms with Gasteiger partial charge in [-0.25, -0.2) is 13.1 Å². The number of sulfonamides is 1. The second-order valence-corrected chi connectivity index (χ2v) is 11.8. The molecule has 3 aromatic carbocycles. The first-order valence-electron chi connectivity index (χ1n) is 13.7. The largest absolute Gasteiger partial charge is 0.368 e. The smallest absolute Gasteiger partial charge is 0.248 e. The molecule has 0 saturated carbocycles. The van der Waals surface area contributed by atoms with Crippen LogP contribution in [0.5, 0.6) is 0 Å². The molecule has 1 fully saturated rings. The van der Waals surface area contributed by atoms with Gasteiger partial charge in [0.05, 0.1) is 5.69 Å². The quantitative estimate of drug-likeness (QED) is 0.397. The second-order valence-electron chi connectivity index (χ2n) is 10.1. The summed E-state index contributed by atoms with van der Waals surface area (Å²) in [6, 6.07) is 22.5. The summed E-state index contributed by atoms with van der Waals surface area (Å²) < 4.78 is 30.9. The van der Waals surface area contributed by atoms with Crippen LogP contribution in [0.15, 0.2) is 83.8 Å². The average Bonchev–Trinajstić information content (AvgIpc) is 2.97. The summed E-state index contributed by atoms with van der Waals surface area (Å²) >= 11 is 0. The van der Waals surface area contributed by atoms with Gasteiger partial charge in [0, 0.05) is 44.0 Å². The highest BCUT2D eigenvalue weighted by Crippen LogP contribution is 2.34. The van der Waals surface area contributed by atoms with Gasteiger partial charge in [-0.1, -0.05) is 61.5 Å². The van der Waals surface area contributed by atoms with Crippen LogP contribution in [-0.4, -0.2) is 51.9 Å². The first-order valence-corrected chi connectivity index (χ1v) is 15.2. The fourth-order valence-corrected chi connectivity index (χ4v) is 6.92. The molecule has 1 heterocycles. The van der Waals surface area contributed by atoms with Crippen molar-refractivity contribution in [3.05, 3.63) is 95.6 Å². The SMILES string of the molecule is CCN1CCN(c2ccc(NC(=O)/C=C/c3ccccc3)cc2S(=O)(=O)N[C@H]2CCCc3ccccc32)CC1. The van der Waals surface area contributed by atoms with Gasteiger partial charge in [0.1, 0.15) is 4.90 Å². The van der Waals surface area contributed by atoms with Crippen LogP contribution < -0.4 is 14.9 Å². The van der Waals surface area contributed by atoms with Gasteiger partial charge in [0.25, 0.3) is 0 Å². The summed E-state index contributed by atoms with van der Waals surface area (Å²) in [5.74, 6) is -0.319. The molecule has 1 aliphatic heterocycles. The number of hydrogen-bond acceptors (Lipinski definition) is 5. The number of anilines is 2. The van der Waals surface area contributed by atoms with Gasteiger partial charge in [-0.3, -0.25) is 4.79 Å². The van der Waals surface area contributed by atoms with E-state index in [9.17, 15) is 13.2 Å². The van der Waals surface area contributed by atoms with Crippen molar-refractivity contribution in [3.63, 3.8) is 0 Å². The molecule has 2 N–H and O–H groups in total. The Morgan fingerprint density at radius 2 is 1.72 bits per heavy atom. The van der Waals surface area contributed by atoms with Crippen LogP contribution in [0.1, 0.15) is 42.5 Å². The fraction of sp³-hybridized carbons (Fsp3) is 0.323. The summed E-state index contributed by atoms with van der Waals surface area (Å²) in [5.41, 5.74) is 4.26. The van der Waals surface area contributed by atoms with Crippen molar-refractivity contribution < 1.29 is 13.2 Å². The highest BCUT2D eigenvalue weighted by atomic mass is 32.2. The lowest BCUT2D eigenvalue weighted by Gasteiger charge is -2.36. The first kappa shape index (κ1) is 27.1. The molecule has 39 heavy (non-hydrogen) atoms. The van der Waals surface area contributed by atoms with Crippen LogP contribution in [0.2, 0.25) is 0 Å². The minimum Gasteiger partial charge on any atom is -0.368 e. The van der Waals surface area contributed by atoms with Crippen LogP contribution in [0.3, 0.4) is 0 Å². The molecule has 8 heteroatoms. The minimum atomic E-state index is -3.89. The summed E-state index contributed by atoms with van der Waals surface area (Å²) in [4.78, 5) is 17.4. The Labute approximate surface area is 231 Å². The third kappa shape index (κ3) is 6.58. The zero-order chi connectivity index (χ0) is 27.2. The molecule has 0 radical (unpaired) electrons. The average molecular weight is 545 g/mol. The molecule has 1 saturated heterocycles. The van der Waals surface area contributed by atoms with Gasteiger partial charge < -0.3 is 15.1 Å². The molecule has 1 amide bonds. The number of rotatable bonds is 8. The van der Waals surface area contributed by atoms with E-state index in [2.05, 4.69) is 32.8 Å². The van der Waals surface area contributed by atoms with E-state index in [0.717, 1.165) is 63.1 Å². The number of benzene rings is 3. The molecule has 0 bridgehead atoms. The van der Waals surface area contributed by atoms with Gasteiger partial charge in [0.15, 0.2) is 0 Å². The Hall–Kier alpha value is -3.46. The van der Waals surface area contributed by atoms with Gasteiger partial charge in [0.2, 0.25) is 15.9 Å². The molecule has 3 aromatic rings. The number of nitrogens with one attached hydrogen (secondary N) is 2. The Balaban J connectivity index is 1.43. The highest BCUT2D eigenvalue weighted by Gasteiger charge is 2.30. The maximum Gasteiger partial charge on any atom is 0.248 e. The number of aryl methyl sites for hydroxylation is 1. The number of carbonyl (C=O) groups is 1. The monoisotopic (exact) mass is 544 g/mol. The third-order valence-corrected chi connectivity index (χ3v) is 9.07. The van der Waals surface area contributed by atoms with E-state index in [-0.39, 0.29) is 16.8 Å². The lowest BCUT2D eigenvalue weighted by atomic mass is 9.88. The lowest BCUT2D eigenvalue weighted by Crippen LogP contribution is -2.46. The molecule has 0 unspecified atom stereocenters. The van der Waals surface area contributed by atoms with Gasteiger partial charge in [-0.15, -0.1) is 0 Å². The van der Waals surface area contributed by atoms with Gasteiger partial charge in [-0.2, -0.15) is 0 Å². The topological polar surface area (TPSA) is 81.8 Å². The van der Waals surface area contributed by atoms with Gasteiger partial charge >= 0.3 is 0 Å². The van der Waals surface area contributed by atoms with Crippen molar-refractivity contribution in [2.45, 2.75) is 37.1 Å². The van der Waals surface area contributed by atoms with Crippen LogP contribution in [0, 0.1) is 0 Å². The van der Waals surface area contributed by atoms with Gasteiger partial charge in [-0.05, 0) is 66.8 Å². The van der Waals surface area contributed by atoms with E-state index >= 15 is 0 Å². The summed E-state index contributed by atoms with van der Waals surface area (Å²) in [6.07, 6.45) is 5.83. The molecule has 7 nitrogen and oxygen atoms in total. The van der Waals surface area contributed by atoms with Crippen molar-refractivity contribution in [2.75, 3.05) is 42.9 Å². The van der Waals surface area contributed by atoms with Crippen LogP contribution in [-0.2, 0) is 21.2 Å². The van der Waals surface area contributed by atoms with E-state index in [4.69, 9.17) is 0 Å². The van der Waals surface area contributed by atoms with Crippen molar-refractivity contribution in [1.82, 2.24) is 9.62 Å². The van der Waals surface area contributed by atoms with E-state index in [1.54, 1.807) is 18.2 Å². The zero-order valence-corrected chi connectivity index (χ0v) is 23.2. The number of carbonyl (C=O) groups excluding carboxylic acids is 1. The maximum atomic E-state index is 14.0. The Morgan fingerprint density at radius 1 is 0.974 bits per heavy atom. The molecule has 5 rings (SSSR count). The molecular weight excluding hydrogens is 508 g/mol. The van der Waals surface area contributed by atoms with Crippen molar-refractivity contribution in [2.24, 2.45) is 0 Å². The molecule has 1 aliphatic carbocycles. The summed E-state index contributed by atoms with van der Waals surface area (Å²) in [7, 11) is -3.89. The molecular formula is C31H36N4O3S. The Bertz CT molecular complexity index is 1430. The second kappa shape index (κ2) is 12.2. The predicted octanol–water partition coefficient (Wildman–Crippen LogP) is 4.84. The highest BCUT2D eigenvalue weighted by molar-refractivity contribution is 7.89. The van der Waals surface area contributed by atoms with E-state index in [1.165, 1.54) is 11.6 Å². The molecule has 204 valence electrons. The van der Waals surface area contributed by atoms with E-state index in [1.807, 2.05) is 54.6 Å². The molecule has 0 spiro atoms. The maximum absolute atomic E-state index is 14.0. The fourth-order valence-electron chi connectivity index (χ4n) is 5.42. The van der Waals surface area contributed by atoms with Crippen LogP contribution >= 0.6 is 0 Å². The minimum absolute atomic E-state index is 0.195. The third-order valence-electron chi connectivity index (χ3n) is 7.57. The predicted molar refractivity (Wildman–Crippen MR) is 157 cm³/mol. The Morgan fingerprint density at radius 3 is 2.49 bits per heavy atom. The molecule has 1 atom stereocenters.